The summed E-state index contributed by atoms with van der Waals surface area (Å²) in [5.41, 5.74) is 0.481. The Morgan fingerprint density at radius 3 is 2.24 bits per heavy atom. The molecule has 1 N–H and O–H groups in total. The topological polar surface area (TPSA) is 142 Å². The van der Waals surface area contributed by atoms with Gasteiger partial charge in [-0.2, -0.15) is 0 Å². The minimum atomic E-state index is -0.745. The Bertz CT molecular complexity index is 1270. The number of carbonyl (C=O) groups excluding carboxylic acids is 2. The lowest BCUT2D eigenvalue weighted by Gasteiger charge is -2.10. The molecule has 1 amide bonds. The molecule has 0 atom stereocenters. The van der Waals surface area contributed by atoms with E-state index in [1.54, 1.807) is 13.8 Å². The number of nitro benzene ring substituents is 2. The zero-order valence-electron chi connectivity index (χ0n) is 17.3. The summed E-state index contributed by atoms with van der Waals surface area (Å²) in [5, 5.41) is 24.8. The van der Waals surface area contributed by atoms with Crippen molar-refractivity contribution in [1.82, 2.24) is 0 Å². The van der Waals surface area contributed by atoms with Crippen LogP contribution in [0.15, 0.2) is 42.5 Å². The van der Waals surface area contributed by atoms with E-state index in [9.17, 15) is 29.8 Å². The van der Waals surface area contributed by atoms with Crippen molar-refractivity contribution in [3.05, 3.63) is 83.7 Å². The third-order valence-electron chi connectivity index (χ3n) is 4.56. The minimum Gasteiger partial charge on any atom is -0.462 e. The molecule has 33 heavy (non-hydrogen) atoms. The number of amides is 1. The Morgan fingerprint density at radius 2 is 1.67 bits per heavy atom. The highest BCUT2D eigenvalue weighted by Gasteiger charge is 2.27. The molecular weight excluding hydrogens is 474 g/mol. The van der Waals surface area contributed by atoms with E-state index >= 15 is 0 Å². The second kappa shape index (κ2) is 9.76. The lowest BCUT2D eigenvalue weighted by atomic mass is 10.0. The zero-order valence-corrected chi connectivity index (χ0v) is 18.9. The molecule has 0 saturated heterocycles. The first-order chi connectivity index (χ1) is 15.6. The van der Waals surface area contributed by atoms with Gasteiger partial charge in [0.05, 0.1) is 27.0 Å². The number of thiophene rings is 1. The lowest BCUT2D eigenvalue weighted by molar-refractivity contribution is -0.385. The number of esters is 1. The molecule has 1 aromatic heterocycles. The van der Waals surface area contributed by atoms with Gasteiger partial charge in [0.15, 0.2) is 0 Å². The van der Waals surface area contributed by atoms with Gasteiger partial charge in [-0.25, -0.2) is 4.79 Å². The molecule has 0 aliphatic heterocycles. The number of nitrogens with zero attached hydrogens (tertiary/aromatic N) is 2. The van der Waals surface area contributed by atoms with Gasteiger partial charge in [0.25, 0.3) is 17.3 Å². The largest absolute Gasteiger partial charge is 0.462 e. The first kappa shape index (κ1) is 23.8. The summed E-state index contributed by atoms with van der Waals surface area (Å²) < 4.78 is 5.16. The maximum Gasteiger partial charge on any atom is 0.341 e. The van der Waals surface area contributed by atoms with E-state index < -0.39 is 21.7 Å². The summed E-state index contributed by atoms with van der Waals surface area (Å²) >= 11 is 7.16. The van der Waals surface area contributed by atoms with Gasteiger partial charge in [0.2, 0.25) is 0 Å². The van der Waals surface area contributed by atoms with Gasteiger partial charge in [-0.1, -0.05) is 11.6 Å². The number of nitro groups is 2. The fourth-order valence-electron chi connectivity index (χ4n) is 3.10. The second-order valence-corrected chi connectivity index (χ2v) is 8.27. The number of hydrogen-bond donors (Lipinski definition) is 1. The molecule has 1 heterocycles. The summed E-state index contributed by atoms with van der Waals surface area (Å²) in [6.07, 6.45) is 0. The van der Waals surface area contributed by atoms with Gasteiger partial charge in [0.1, 0.15) is 10.6 Å². The molecular formula is C21H16ClN3O7S. The third-order valence-corrected chi connectivity index (χ3v) is 5.91. The Balaban J connectivity index is 2.07. The predicted octanol–water partition coefficient (Wildman–Crippen LogP) is 5.62. The van der Waals surface area contributed by atoms with E-state index in [2.05, 4.69) is 5.32 Å². The number of nitrogens with one attached hydrogen (secondary N) is 1. The highest BCUT2D eigenvalue weighted by Crippen LogP contribution is 2.41. The number of benzene rings is 2. The number of aryl methyl sites for hydroxylation is 1. The van der Waals surface area contributed by atoms with Crippen LogP contribution in [0.1, 0.15) is 32.5 Å². The Morgan fingerprint density at radius 1 is 1.06 bits per heavy atom. The summed E-state index contributed by atoms with van der Waals surface area (Å²) in [6, 6.07) is 9.07. The molecule has 0 radical (unpaired) electrons. The first-order valence-electron chi connectivity index (χ1n) is 9.44. The molecule has 0 spiro atoms. The van der Waals surface area contributed by atoms with E-state index in [-0.39, 0.29) is 39.1 Å². The molecule has 2 aromatic carbocycles. The molecule has 0 bridgehead atoms. The fraction of sp³-hybridized carbons (Fsp3) is 0.143. The normalized spacial score (nSPS) is 10.5. The van der Waals surface area contributed by atoms with Crippen molar-refractivity contribution in [2.45, 2.75) is 13.8 Å². The minimum absolute atomic E-state index is 0.000319. The highest BCUT2D eigenvalue weighted by atomic mass is 35.5. The van der Waals surface area contributed by atoms with E-state index in [0.717, 1.165) is 17.4 Å². The van der Waals surface area contributed by atoms with Crippen LogP contribution >= 0.6 is 22.9 Å². The van der Waals surface area contributed by atoms with Gasteiger partial charge in [-0.3, -0.25) is 25.0 Å². The number of ether oxygens (including phenoxy) is 1. The molecule has 0 aliphatic carbocycles. The maximum atomic E-state index is 12.9. The number of carbonyl (C=O) groups is 2. The Hall–Kier alpha value is -3.83. The molecule has 3 rings (SSSR count). The van der Waals surface area contributed by atoms with Crippen molar-refractivity contribution >= 4 is 51.2 Å². The molecule has 12 heteroatoms. The molecule has 0 aliphatic rings. The van der Waals surface area contributed by atoms with Gasteiger partial charge < -0.3 is 10.1 Å². The number of non-ortho nitro benzene ring substituents is 2. The third kappa shape index (κ3) is 4.99. The molecule has 0 unspecified atom stereocenters. The van der Waals surface area contributed by atoms with Gasteiger partial charge in [0, 0.05) is 34.7 Å². The number of anilines is 1. The van der Waals surface area contributed by atoms with E-state index in [1.165, 1.54) is 36.4 Å². The van der Waals surface area contributed by atoms with Crippen LogP contribution in [0.5, 0.6) is 0 Å². The predicted molar refractivity (Wildman–Crippen MR) is 123 cm³/mol. The summed E-state index contributed by atoms with van der Waals surface area (Å²) in [6.45, 7) is 3.43. The number of halogens is 1. The summed E-state index contributed by atoms with van der Waals surface area (Å²) in [7, 11) is 0. The van der Waals surface area contributed by atoms with Crippen molar-refractivity contribution < 1.29 is 24.2 Å². The van der Waals surface area contributed by atoms with Crippen molar-refractivity contribution in [2.75, 3.05) is 11.9 Å². The molecule has 10 nitrogen and oxygen atoms in total. The van der Waals surface area contributed by atoms with Crippen molar-refractivity contribution in [2.24, 2.45) is 0 Å². The standard InChI is InChI=1S/C21H16ClN3O7S/c1-3-32-21(27)18-17(12-4-6-13(7-5-12)24(28)29)11(2)33-20(18)23-19(26)15-10-14(25(30)31)8-9-16(15)22/h4-10H,3H2,1-2H3,(H,23,26). The van der Waals surface area contributed by atoms with Crippen LogP contribution in [0.3, 0.4) is 0 Å². The van der Waals surface area contributed by atoms with E-state index in [4.69, 9.17) is 16.3 Å². The first-order valence-corrected chi connectivity index (χ1v) is 10.6. The number of rotatable bonds is 7. The van der Waals surface area contributed by atoms with E-state index in [0.29, 0.717) is 16.0 Å². The van der Waals surface area contributed by atoms with Crippen LogP contribution in [0, 0.1) is 27.2 Å². The fourth-order valence-corrected chi connectivity index (χ4v) is 4.36. The van der Waals surface area contributed by atoms with Crippen molar-refractivity contribution in [1.29, 1.82) is 0 Å². The van der Waals surface area contributed by atoms with E-state index in [1.807, 2.05) is 0 Å². The van der Waals surface area contributed by atoms with Gasteiger partial charge in [-0.05, 0) is 37.6 Å². The summed E-state index contributed by atoms with van der Waals surface area (Å²) in [5.74, 6) is -1.44. The van der Waals surface area contributed by atoms with Crippen LogP contribution in [0.25, 0.3) is 11.1 Å². The molecule has 0 fully saturated rings. The van der Waals surface area contributed by atoms with Crippen molar-refractivity contribution in [3.63, 3.8) is 0 Å². The summed E-state index contributed by atoms with van der Waals surface area (Å²) in [4.78, 5) is 47.1. The molecule has 170 valence electrons. The average molecular weight is 490 g/mol. The quantitative estimate of drug-likeness (QED) is 0.257. The van der Waals surface area contributed by atoms with Crippen LogP contribution in [0.4, 0.5) is 16.4 Å². The monoisotopic (exact) mass is 489 g/mol. The van der Waals surface area contributed by atoms with Crippen LogP contribution < -0.4 is 5.32 Å². The van der Waals surface area contributed by atoms with Crippen molar-refractivity contribution in [3.8, 4) is 11.1 Å². The maximum absolute atomic E-state index is 12.9. The highest BCUT2D eigenvalue weighted by molar-refractivity contribution is 7.17. The zero-order chi connectivity index (χ0) is 24.3. The second-order valence-electron chi connectivity index (χ2n) is 6.64. The van der Waals surface area contributed by atoms with Crippen LogP contribution in [0.2, 0.25) is 5.02 Å². The van der Waals surface area contributed by atoms with Crippen LogP contribution in [-0.4, -0.2) is 28.3 Å². The lowest BCUT2D eigenvalue weighted by Crippen LogP contribution is -2.15. The SMILES string of the molecule is CCOC(=O)c1c(NC(=O)c2cc([N+](=O)[O-])ccc2Cl)sc(C)c1-c1ccc([N+](=O)[O-])cc1. The molecule has 0 saturated carbocycles. The smallest absolute Gasteiger partial charge is 0.341 e. The molecule has 3 aromatic rings. The number of hydrogen-bond acceptors (Lipinski definition) is 8. The van der Waals surface area contributed by atoms with Gasteiger partial charge in [-0.15, -0.1) is 11.3 Å². The van der Waals surface area contributed by atoms with Gasteiger partial charge >= 0.3 is 5.97 Å². The Kier molecular flexibility index (Phi) is 7.04. The average Bonchev–Trinajstić information content (AvgIpc) is 3.09. The van der Waals surface area contributed by atoms with Crippen LogP contribution in [-0.2, 0) is 4.74 Å². The Labute approximate surface area is 196 Å².